The number of piperidine rings is 1. The van der Waals surface area contributed by atoms with Gasteiger partial charge in [-0.05, 0) is 31.9 Å². The predicted octanol–water partition coefficient (Wildman–Crippen LogP) is 1.68. The topological polar surface area (TPSA) is 72.6 Å². The third-order valence-corrected chi connectivity index (χ3v) is 5.57. The van der Waals surface area contributed by atoms with Crippen molar-refractivity contribution in [2.75, 3.05) is 20.2 Å². The molecule has 2 rings (SSSR count). The number of hydrogen-bond acceptors (Lipinski definition) is 4. The number of hydrogen-bond donors (Lipinski definition) is 1. The lowest BCUT2D eigenvalue weighted by atomic mass is 10.1. The summed E-state index contributed by atoms with van der Waals surface area (Å²) in [4.78, 5) is -0.0232. The molecule has 0 radical (unpaired) electrons. The van der Waals surface area contributed by atoms with E-state index in [2.05, 4.69) is 0 Å². The third kappa shape index (κ3) is 3.48. The highest BCUT2D eigenvalue weighted by atomic mass is 35.5. The third-order valence-electron chi connectivity index (χ3n) is 3.56. The lowest BCUT2D eigenvalue weighted by Gasteiger charge is -2.30. The van der Waals surface area contributed by atoms with E-state index in [1.165, 1.54) is 30.5 Å². The van der Waals surface area contributed by atoms with Crippen LogP contribution in [-0.2, 0) is 10.0 Å². The summed E-state index contributed by atoms with van der Waals surface area (Å²) in [7, 11) is -2.37. The van der Waals surface area contributed by atoms with Crippen molar-refractivity contribution in [3.63, 3.8) is 0 Å². The number of methoxy groups -OCH3 is 1. The fourth-order valence-electron chi connectivity index (χ4n) is 2.41. The molecule has 120 valence electrons. The number of ether oxygens (including phenoxy) is 1. The molecule has 0 aliphatic carbocycles. The van der Waals surface area contributed by atoms with Gasteiger partial charge in [-0.15, -0.1) is 12.4 Å². The van der Waals surface area contributed by atoms with E-state index < -0.39 is 15.8 Å². The SMILES string of the molecule is COc1ccc(S(=O)(=O)N2CCCC(N)C2)c(C)c1F.Cl. The largest absolute Gasteiger partial charge is 0.494 e. The molecule has 8 heteroatoms. The van der Waals surface area contributed by atoms with Gasteiger partial charge in [-0.3, -0.25) is 0 Å². The second-order valence-electron chi connectivity index (χ2n) is 4.97. The number of nitrogens with zero attached hydrogens (tertiary/aromatic N) is 1. The first-order valence-corrected chi connectivity index (χ1v) is 7.90. The second kappa shape index (κ2) is 6.91. The fourth-order valence-corrected chi connectivity index (χ4v) is 4.16. The van der Waals surface area contributed by atoms with Crippen molar-refractivity contribution in [1.29, 1.82) is 0 Å². The summed E-state index contributed by atoms with van der Waals surface area (Å²) in [5, 5.41) is 0. The normalized spacial score (nSPS) is 19.9. The Morgan fingerprint density at radius 3 is 2.67 bits per heavy atom. The smallest absolute Gasteiger partial charge is 0.243 e. The Morgan fingerprint density at radius 1 is 1.43 bits per heavy atom. The van der Waals surface area contributed by atoms with Gasteiger partial charge in [-0.1, -0.05) is 0 Å². The molecule has 21 heavy (non-hydrogen) atoms. The summed E-state index contributed by atoms with van der Waals surface area (Å²) in [6.45, 7) is 2.13. The van der Waals surface area contributed by atoms with Gasteiger partial charge in [0.2, 0.25) is 10.0 Å². The first-order valence-electron chi connectivity index (χ1n) is 6.46. The first-order chi connectivity index (χ1) is 9.37. The molecular weight excluding hydrogens is 319 g/mol. The molecule has 1 aromatic carbocycles. The highest BCUT2D eigenvalue weighted by Crippen LogP contribution is 2.29. The molecule has 2 N–H and O–H groups in total. The highest BCUT2D eigenvalue weighted by molar-refractivity contribution is 7.89. The molecule has 1 heterocycles. The summed E-state index contributed by atoms with van der Waals surface area (Å²) in [5.74, 6) is -0.605. The molecule has 0 aromatic heterocycles. The Morgan fingerprint density at radius 2 is 2.10 bits per heavy atom. The monoisotopic (exact) mass is 338 g/mol. The molecule has 1 unspecified atom stereocenters. The molecule has 1 aliphatic rings. The zero-order valence-corrected chi connectivity index (χ0v) is 13.6. The maximum absolute atomic E-state index is 14.0. The van der Waals surface area contributed by atoms with Crippen LogP contribution in [-0.4, -0.2) is 39.0 Å². The molecule has 1 aliphatic heterocycles. The van der Waals surface area contributed by atoms with E-state index in [1.54, 1.807) is 0 Å². The van der Waals surface area contributed by atoms with Crippen molar-refractivity contribution in [3.05, 3.63) is 23.5 Å². The molecule has 5 nitrogen and oxygen atoms in total. The number of halogens is 2. The highest BCUT2D eigenvalue weighted by Gasteiger charge is 2.31. The fraction of sp³-hybridized carbons (Fsp3) is 0.538. The van der Waals surface area contributed by atoms with Crippen molar-refractivity contribution in [2.24, 2.45) is 5.73 Å². The zero-order valence-electron chi connectivity index (χ0n) is 12.0. The quantitative estimate of drug-likeness (QED) is 0.910. The van der Waals surface area contributed by atoms with Crippen molar-refractivity contribution in [2.45, 2.75) is 30.7 Å². The average Bonchev–Trinajstić information content (AvgIpc) is 2.41. The van der Waals surface area contributed by atoms with E-state index in [0.29, 0.717) is 6.54 Å². The summed E-state index contributed by atoms with van der Waals surface area (Å²) < 4.78 is 45.3. The van der Waals surface area contributed by atoms with Gasteiger partial charge in [-0.2, -0.15) is 4.31 Å². The van der Waals surface area contributed by atoms with E-state index in [4.69, 9.17) is 10.5 Å². The van der Waals surface area contributed by atoms with Crippen LogP contribution in [0, 0.1) is 12.7 Å². The Balaban J connectivity index is 0.00000220. The average molecular weight is 339 g/mol. The van der Waals surface area contributed by atoms with Gasteiger partial charge in [0.15, 0.2) is 11.6 Å². The van der Waals surface area contributed by atoms with Gasteiger partial charge < -0.3 is 10.5 Å². The maximum Gasteiger partial charge on any atom is 0.243 e. The molecular formula is C13H20ClFN2O3S. The van der Waals surface area contributed by atoms with Crippen molar-refractivity contribution in [3.8, 4) is 5.75 Å². The van der Waals surface area contributed by atoms with E-state index in [1.807, 2.05) is 0 Å². The van der Waals surface area contributed by atoms with Crippen molar-refractivity contribution < 1.29 is 17.5 Å². The molecule has 1 aromatic rings. The maximum atomic E-state index is 14.0. The van der Waals surface area contributed by atoms with Crippen LogP contribution < -0.4 is 10.5 Å². The van der Waals surface area contributed by atoms with E-state index in [-0.39, 0.29) is 41.2 Å². The van der Waals surface area contributed by atoms with Crippen LogP contribution in [0.15, 0.2) is 17.0 Å². The van der Waals surface area contributed by atoms with Crippen LogP contribution >= 0.6 is 12.4 Å². The Kier molecular flexibility index (Phi) is 5.98. The molecule has 1 fully saturated rings. The van der Waals surface area contributed by atoms with E-state index in [0.717, 1.165) is 12.8 Å². The summed E-state index contributed by atoms with van der Waals surface area (Å²) in [6, 6.07) is 2.55. The zero-order chi connectivity index (χ0) is 14.9. The summed E-state index contributed by atoms with van der Waals surface area (Å²) in [5.41, 5.74) is 5.89. The Hall–Kier alpha value is -0.890. The second-order valence-corrected chi connectivity index (χ2v) is 6.88. The van der Waals surface area contributed by atoms with Crippen LogP contribution in [0.3, 0.4) is 0 Å². The van der Waals surface area contributed by atoms with Gasteiger partial charge in [0.05, 0.1) is 12.0 Å². The number of rotatable bonds is 3. The molecule has 0 saturated carbocycles. The van der Waals surface area contributed by atoms with Crippen LogP contribution in [0.1, 0.15) is 18.4 Å². The minimum atomic E-state index is -3.72. The minimum absolute atomic E-state index is 0. The minimum Gasteiger partial charge on any atom is -0.494 e. The van der Waals surface area contributed by atoms with Gasteiger partial charge in [0.1, 0.15) is 0 Å². The molecule has 0 spiro atoms. The van der Waals surface area contributed by atoms with E-state index in [9.17, 15) is 12.8 Å². The van der Waals surface area contributed by atoms with Crippen LogP contribution in [0.25, 0.3) is 0 Å². The lowest BCUT2D eigenvalue weighted by Crippen LogP contribution is -2.45. The molecule has 1 saturated heterocycles. The Labute approximate surface area is 130 Å². The Bertz CT molecular complexity index is 610. The summed E-state index contributed by atoms with van der Waals surface area (Å²) >= 11 is 0. The van der Waals surface area contributed by atoms with E-state index >= 15 is 0 Å². The summed E-state index contributed by atoms with van der Waals surface area (Å²) in [6.07, 6.45) is 1.53. The standard InChI is InChI=1S/C13H19FN2O3S.ClH/c1-9-12(6-5-11(19-2)13(9)14)20(17,18)16-7-3-4-10(15)8-16;/h5-6,10H,3-4,7-8,15H2,1-2H3;1H. The number of benzene rings is 1. The van der Waals surface area contributed by atoms with Crippen LogP contribution in [0.4, 0.5) is 4.39 Å². The first kappa shape index (κ1) is 18.2. The van der Waals surface area contributed by atoms with Gasteiger partial charge in [-0.25, -0.2) is 12.8 Å². The number of sulfonamides is 1. The van der Waals surface area contributed by atoms with Crippen molar-refractivity contribution in [1.82, 2.24) is 4.31 Å². The van der Waals surface area contributed by atoms with Gasteiger partial charge in [0, 0.05) is 24.7 Å². The van der Waals surface area contributed by atoms with Crippen LogP contribution in [0.5, 0.6) is 5.75 Å². The predicted molar refractivity (Wildman–Crippen MR) is 80.9 cm³/mol. The molecule has 0 amide bonds. The van der Waals surface area contributed by atoms with Crippen LogP contribution in [0.2, 0.25) is 0 Å². The van der Waals surface area contributed by atoms with Crippen molar-refractivity contribution >= 4 is 22.4 Å². The lowest BCUT2D eigenvalue weighted by molar-refractivity contribution is 0.315. The van der Waals surface area contributed by atoms with Gasteiger partial charge >= 0.3 is 0 Å². The number of nitrogens with two attached hydrogens (primary N) is 1. The molecule has 1 atom stereocenters. The molecule has 0 bridgehead atoms. The van der Waals surface area contributed by atoms with Gasteiger partial charge in [0.25, 0.3) is 0 Å².